The van der Waals surface area contributed by atoms with E-state index in [0.29, 0.717) is 41.6 Å². The summed E-state index contributed by atoms with van der Waals surface area (Å²) in [7, 11) is 0. The Balaban J connectivity index is 1.51. The minimum Gasteiger partial charge on any atom is -0.454 e. The van der Waals surface area contributed by atoms with Gasteiger partial charge in [0.15, 0.2) is 11.5 Å². The summed E-state index contributed by atoms with van der Waals surface area (Å²) in [5.41, 5.74) is 1.29. The maximum atomic E-state index is 14.1. The number of benzene rings is 2. The second kappa shape index (κ2) is 7.66. The Hall–Kier alpha value is -1.82. The molecule has 1 unspecified atom stereocenters. The zero-order valence-electron chi connectivity index (χ0n) is 15.1. The highest BCUT2D eigenvalue weighted by Gasteiger charge is 2.36. The Morgan fingerprint density at radius 2 is 1.93 bits per heavy atom. The summed E-state index contributed by atoms with van der Waals surface area (Å²) in [4.78, 5) is 2.28. The number of hydrogen-bond acceptors (Lipinski definition) is 4. The monoisotopic (exact) mass is 391 g/mol. The third-order valence-corrected chi connectivity index (χ3v) is 5.89. The Bertz CT molecular complexity index is 831. The van der Waals surface area contributed by atoms with Crippen LogP contribution in [0.2, 0.25) is 5.02 Å². The number of nitrogens with zero attached hydrogens (tertiary/aromatic N) is 1. The number of likely N-dealkylation sites (tertiary alicyclic amines) is 1. The third kappa shape index (κ3) is 3.91. The molecule has 2 aliphatic heterocycles. The smallest absolute Gasteiger partial charge is 0.231 e. The van der Waals surface area contributed by atoms with Crippen LogP contribution < -0.4 is 9.47 Å². The quantitative estimate of drug-likeness (QED) is 0.835. The van der Waals surface area contributed by atoms with Gasteiger partial charge in [-0.25, -0.2) is 4.39 Å². The molecule has 6 heteroatoms. The number of halogens is 2. The Labute approximate surface area is 163 Å². The number of fused-ring (bicyclic) bond motifs is 1. The van der Waals surface area contributed by atoms with E-state index in [1.807, 2.05) is 12.1 Å². The highest BCUT2D eigenvalue weighted by Crippen LogP contribution is 2.39. The predicted octanol–water partition coefficient (Wildman–Crippen LogP) is 4.03. The molecule has 0 bridgehead atoms. The van der Waals surface area contributed by atoms with E-state index in [0.717, 1.165) is 24.9 Å². The van der Waals surface area contributed by atoms with Crippen LogP contribution in [-0.4, -0.2) is 36.5 Å². The normalized spacial score (nSPS) is 22.2. The lowest BCUT2D eigenvalue weighted by atomic mass is 9.75. The van der Waals surface area contributed by atoms with Crippen LogP contribution in [-0.2, 0) is 13.0 Å². The van der Waals surface area contributed by atoms with Gasteiger partial charge in [0.2, 0.25) is 6.79 Å². The molecule has 4 rings (SSSR count). The summed E-state index contributed by atoms with van der Waals surface area (Å²) in [5, 5.41) is 10.8. The van der Waals surface area contributed by atoms with E-state index < -0.39 is 0 Å². The molecule has 1 atom stereocenters. The molecule has 4 nitrogen and oxygen atoms in total. The molecule has 0 aromatic heterocycles. The van der Waals surface area contributed by atoms with Crippen molar-refractivity contribution in [1.82, 2.24) is 4.90 Å². The van der Waals surface area contributed by atoms with Crippen LogP contribution in [0.1, 0.15) is 24.0 Å². The molecule has 0 amide bonds. The molecule has 1 saturated heterocycles. The van der Waals surface area contributed by atoms with Crippen molar-refractivity contribution >= 4 is 11.6 Å². The van der Waals surface area contributed by atoms with Crippen LogP contribution in [0.15, 0.2) is 36.4 Å². The molecule has 27 heavy (non-hydrogen) atoms. The van der Waals surface area contributed by atoms with Crippen molar-refractivity contribution in [3.05, 3.63) is 58.4 Å². The van der Waals surface area contributed by atoms with E-state index in [9.17, 15) is 9.50 Å². The topological polar surface area (TPSA) is 41.9 Å². The SMILES string of the molecule is OCC1(Cc2ccccc2F)CCCN(Cc2cc3c(cc2Cl)OCO3)C1. The van der Waals surface area contributed by atoms with Crippen LogP contribution in [0.5, 0.6) is 11.5 Å². The summed E-state index contributed by atoms with van der Waals surface area (Å²) in [6, 6.07) is 10.5. The molecule has 2 aromatic rings. The molecule has 1 fully saturated rings. The number of rotatable bonds is 5. The first-order chi connectivity index (χ1) is 13.1. The summed E-state index contributed by atoms with van der Waals surface area (Å²) in [6.45, 7) is 2.53. The first-order valence-corrected chi connectivity index (χ1v) is 9.61. The summed E-state index contributed by atoms with van der Waals surface area (Å²) >= 11 is 6.42. The van der Waals surface area contributed by atoms with Gasteiger partial charge in [-0.15, -0.1) is 0 Å². The molecule has 2 aromatic carbocycles. The molecule has 0 spiro atoms. The summed E-state index contributed by atoms with van der Waals surface area (Å²) in [6.07, 6.45) is 2.36. The lowest BCUT2D eigenvalue weighted by Gasteiger charge is -2.42. The number of ether oxygens (including phenoxy) is 2. The van der Waals surface area contributed by atoms with Gasteiger partial charge in [-0.1, -0.05) is 29.8 Å². The van der Waals surface area contributed by atoms with E-state index in [1.165, 1.54) is 6.07 Å². The molecule has 2 aliphatic rings. The van der Waals surface area contributed by atoms with E-state index in [1.54, 1.807) is 18.2 Å². The minimum absolute atomic E-state index is 0.0344. The zero-order chi connectivity index (χ0) is 18.9. The van der Waals surface area contributed by atoms with Crippen LogP contribution in [0.25, 0.3) is 0 Å². The fourth-order valence-corrected chi connectivity index (χ4v) is 4.35. The summed E-state index contributed by atoms with van der Waals surface area (Å²) < 4.78 is 25.0. The second-order valence-electron chi connectivity index (χ2n) is 7.54. The van der Waals surface area contributed by atoms with E-state index in [4.69, 9.17) is 21.1 Å². The van der Waals surface area contributed by atoms with Gasteiger partial charge in [0.05, 0.1) is 6.61 Å². The lowest BCUT2D eigenvalue weighted by Crippen LogP contribution is -2.46. The number of aliphatic hydroxyl groups is 1. The molecule has 0 saturated carbocycles. The van der Waals surface area contributed by atoms with Gasteiger partial charge in [0, 0.05) is 29.6 Å². The molecule has 2 heterocycles. The number of piperidine rings is 1. The van der Waals surface area contributed by atoms with Crippen molar-refractivity contribution in [2.45, 2.75) is 25.8 Å². The Morgan fingerprint density at radius 1 is 1.15 bits per heavy atom. The zero-order valence-corrected chi connectivity index (χ0v) is 15.8. The van der Waals surface area contributed by atoms with Crippen molar-refractivity contribution in [3.8, 4) is 11.5 Å². The Kier molecular flexibility index (Phi) is 5.26. The van der Waals surface area contributed by atoms with Gasteiger partial charge in [0.1, 0.15) is 5.82 Å². The van der Waals surface area contributed by atoms with Crippen molar-refractivity contribution in [2.75, 3.05) is 26.5 Å². The average molecular weight is 392 g/mol. The van der Waals surface area contributed by atoms with E-state index in [2.05, 4.69) is 4.90 Å². The molecular weight excluding hydrogens is 369 g/mol. The van der Waals surface area contributed by atoms with Crippen LogP contribution in [0, 0.1) is 11.2 Å². The van der Waals surface area contributed by atoms with Crippen LogP contribution >= 0.6 is 11.6 Å². The minimum atomic E-state index is -0.344. The predicted molar refractivity (Wildman–Crippen MR) is 102 cm³/mol. The van der Waals surface area contributed by atoms with Crippen LogP contribution in [0.3, 0.4) is 0 Å². The molecular formula is C21H23ClFNO3. The molecule has 144 valence electrons. The van der Waals surface area contributed by atoms with Crippen LogP contribution in [0.4, 0.5) is 4.39 Å². The first-order valence-electron chi connectivity index (χ1n) is 9.23. The largest absolute Gasteiger partial charge is 0.454 e. The fourth-order valence-electron chi connectivity index (χ4n) is 4.14. The summed E-state index contributed by atoms with van der Waals surface area (Å²) in [5.74, 6) is 1.18. The van der Waals surface area contributed by atoms with Crippen molar-refractivity contribution < 1.29 is 19.0 Å². The van der Waals surface area contributed by atoms with Crippen molar-refractivity contribution in [1.29, 1.82) is 0 Å². The maximum absolute atomic E-state index is 14.1. The first kappa shape index (κ1) is 18.5. The standard InChI is InChI=1S/C21H23ClFNO3/c22-17-9-20-19(26-14-27-20)8-16(17)11-24-7-3-6-21(12-24,13-25)10-15-4-1-2-5-18(15)23/h1-2,4-5,8-9,25H,3,6-7,10-14H2. The van der Waals surface area contributed by atoms with Gasteiger partial charge in [0.25, 0.3) is 0 Å². The number of hydrogen-bond donors (Lipinski definition) is 1. The fraction of sp³-hybridized carbons (Fsp3) is 0.429. The van der Waals surface area contributed by atoms with Gasteiger partial charge in [-0.05, 0) is 49.1 Å². The molecule has 0 aliphatic carbocycles. The lowest BCUT2D eigenvalue weighted by molar-refractivity contribution is 0.0283. The van der Waals surface area contributed by atoms with Crippen molar-refractivity contribution in [2.24, 2.45) is 5.41 Å². The highest BCUT2D eigenvalue weighted by molar-refractivity contribution is 6.31. The molecule has 1 N–H and O–H groups in total. The second-order valence-corrected chi connectivity index (χ2v) is 7.94. The Morgan fingerprint density at radius 3 is 2.70 bits per heavy atom. The number of aliphatic hydroxyl groups excluding tert-OH is 1. The van der Waals surface area contributed by atoms with E-state index in [-0.39, 0.29) is 24.6 Å². The van der Waals surface area contributed by atoms with Gasteiger partial charge < -0.3 is 14.6 Å². The molecule has 0 radical (unpaired) electrons. The van der Waals surface area contributed by atoms with Gasteiger partial charge in [-0.3, -0.25) is 4.90 Å². The highest BCUT2D eigenvalue weighted by atomic mass is 35.5. The third-order valence-electron chi connectivity index (χ3n) is 5.53. The average Bonchev–Trinajstić information content (AvgIpc) is 3.11. The van der Waals surface area contributed by atoms with E-state index >= 15 is 0 Å². The van der Waals surface area contributed by atoms with Gasteiger partial charge in [-0.2, -0.15) is 0 Å². The van der Waals surface area contributed by atoms with Gasteiger partial charge >= 0.3 is 0 Å². The maximum Gasteiger partial charge on any atom is 0.231 e. The van der Waals surface area contributed by atoms with Crippen molar-refractivity contribution in [3.63, 3.8) is 0 Å².